The molecule has 0 bridgehead atoms. The number of phenols is 1. The van der Waals surface area contributed by atoms with Gasteiger partial charge in [0, 0.05) is 0 Å². The standard InChI is InChI=1S/C12H11NO4S2/c1-16-7-3-6(4-8(17-2)10(7)14)5-9-11(15)13-12(18)19-9/h3-5,14H,1-2H3,(H,13,15,18)/b9-5+. The minimum absolute atomic E-state index is 0.0776. The van der Waals surface area contributed by atoms with E-state index in [0.717, 1.165) is 0 Å². The molecular weight excluding hydrogens is 286 g/mol. The molecule has 1 fully saturated rings. The summed E-state index contributed by atoms with van der Waals surface area (Å²) in [5.74, 6) is 0.238. The summed E-state index contributed by atoms with van der Waals surface area (Å²) in [4.78, 5) is 12.1. The Morgan fingerprint density at radius 2 is 1.89 bits per heavy atom. The molecular formula is C12H11NO4S2. The maximum Gasteiger partial charge on any atom is 0.263 e. The number of benzene rings is 1. The molecule has 1 aliphatic heterocycles. The first-order valence-electron chi connectivity index (χ1n) is 5.25. The lowest BCUT2D eigenvalue weighted by molar-refractivity contribution is -0.115. The van der Waals surface area contributed by atoms with Crippen LogP contribution < -0.4 is 14.8 Å². The maximum absolute atomic E-state index is 11.6. The molecule has 0 saturated carbocycles. The van der Waals surface area contributed by atoms with Crippen molar-refractivity contribution in [3.8, 4) is 17.2 Å². The number of rotatable bonds is 3. The number of amides is 1. The van der Waals surface area contributed by atoms with Crippen LogP contribution in [0.4, 0.5) is 0 Å². The summed E-state index contributed by atoms with van der Waals surface area (Å²) in [5.41, 5.74) is 0.675. The van der Waals surface area contributed by atoms with Crippen molar-refractivity contribution in [1.82, 2.24) is 5.32 Å². The number of hydrogen-bond donors (Lipinski definition) is 2. The second-order valence-electron chi connectivity index (χ2n) is 3.63. The van der Waals surface area contributed by atoms with Crippen molar-refractivity contribution >= 4 is 40.3 Å². The first-order chi connectivity index (χ1) is 9.05. The first-order valence-corrected chi connectivity index (χ1v) is 6.47. The van der Waals surface area contributed by atoms with Crippen LogP contribution in [0.3, 0.4) is 0 Å². The molecule has 1 saturated heterocycles. The van der Waals surface area contributed by atoms with Crippen LogP contribution in [0.5, 0.6) is 17.2 Å². The van der Waals surface area contributed by atoms with E-state index in [1.165, 1.54) is 26.0 Å². The number of methoxy groups -OCH3 is 2. The molecule has 0 aromatic heterocycles. The lowest BCUT2D eigenvalue weighted by atomic mass is 10.1. The van der Waals surface area contributed by atoms with E-state index in [2.05, 4.69) is 5.32 Å². The summed E-state index contributed by atoms with van der Waals surface area (Å²) in [7, 11) is 2.88. The van der Waals surface area contributed by atoms with Crippen molar-refractivity contribution in [2.45, 2.75) is 0 Å². The van der Waals surface area contributed by atoms with Gasteiger partial charge in [0.15, 0.2) is 11.5 Å². The average Bonchev–Trinajstić information content (AvgIpc) is 2.69. The van der Waals surface area contributed by atoms with Gasteiger partial charge in [0.2, 0.25) is 5.75 Å². The molecule has 1 aliphatic rings. The molecule has 0 spiro atoms. The molecule has 5 nitrogen and oxygen atoms in total. The normalized spacial score (nSPS) is 16.6. The Morgan fingerprint density at radius 3 is 2.32 bits per heavy atom. The van der Waals surface area contributed by atoms with Gasteiger partial charge in [-0.05, 0) is 23.8 Å². The van der Waals surface area contributed by atoms with Crippen LogP contribution >= 0.6 is 24.0 Å². The maximum atomic E-state index is 11.6. The summed E-state index contributed by atoms with van der Waals surface area (Å²) in [6.45, 7) is 0. The Balaban J connectivity index is 2.43. The molecule has 0 radical (unpaired) electrons. The Morgan fingerprint density at radius 1 is 1.32 bits per heavy atom. The Hall–Kier alpha value is -1.73. The quantitative estimate of drug-likeness (QED) is 0.656. The number of thiocarbonyl (C=S) groups is 1. The van der Waals surface area contributed by atoms with Crippen molar-refractivity contribution in [1.29, 1.82) is 0 Å². The highest BCUT2D eigenvalue weighted by Crippen LogP contribution is 2.38. The zero-order valence-corrected chi connectivity index (χ0v) is 11.9. The van der Waals surface area contributed by atoms with Gasteiger partial charge in [0.05, 0.1) is 19.1 Å². The Kier molecular flexibility index (Phi) is 3.96. The van der Waals surface area contributed by atoms with E-state index in [1.54, 1.807) is 18.2 Å². The third-order valence-electron chi connectivity index (χ3n) is 2.44. The van der Waals surface area contributed by atoms with E-state index < -0.39 is 0 Å². The largest absolute Gasteiger partial charge is 0.502 e. The van der Waals surface area contributed by atoms with Crippen LogP contribution in [-0.2, 0) is 4.79 Å². The molecule has 1 aromatic carbocycles. The van der Waals surface area contributed by atoms with E-state index in [1.807, 2.05) is 0 Å². The molecule has 19 heavy (non-hydrogen) atoms. The lowest BCUT2D eigenvalue weighted by Crippen LogP contribution is -2.17. The van der Waals surface area contributed by atoms with E-state index in [9.17, 15) is 9.90 Å². The second-order valence-corrected chi connectivity index (χ2v) is 5.35. The minimum Gasteiger partial charge on any atom is -0.502 e. The number of hydrogen-bond acceptors (Lipinski definition) is 6. The molecule has 100 valence electrons. The molecule has 0 aliphatic carbocycles. The number of carbonyl (C=O) groups is 1. The van der Waals surface area contributed by atoms with Crippen molar-refractivity contribution in [2.24, 2.45) is 0 Å². The van der Waals surface area contributed by atoms with Gasteiger partial charge >= 0.3 is 0 Å². The molecule has 1 heterocycles. The van der Waals surface area contributed by atoms with Crippen molar-refractivity contribution < 1.29 is 19.4 Å². The summed E-state index contributed by atoms with van der Waals surface area (Å²) in [6, 6.07) is 3.22. The first kappa shape index (κ1) is 13.7. The van der Waals surface area contributed by atoms with Crippen LogP contribution in [0.25, 0.3) is 6.08 Å². The highest BCUT2D eigenvalue weighted by molar-refractivity contribution is 8.26. The fourth-order valence-electron chi connectivity index (χ4n) is 1.57. The summed E-state index contributed by atoms with van der Waals surface area (Å²) >= 11 is 6.10. The van der Waals surface area contributed by atoms with Crippen molar-refractivity contribution in [3.63, 3.8) is 0 Å². The predicted octanol–water partition coefficient (Wildman–Crippen LogP) is 1.90. The molecule has 2 rings (SSSR count). The predicted molar refractivity (Wildman–Crippen MR) is 77.5 cm³/mol. The molecule has 0 unspecified atom stereocenters. The highest BCUT2D eigenvalue weighted by Gasteiger charge is 2.22. The van der Waals surface area contributed by atoms with Crippen molar-refractivity contribution in [2.75, 3.05) is 14.2 Å². The van der Waals surface area contributed by atoms with E-state index in [0.29, 0.717) is 14.8 Å². The van der Waals surface area contributed by atoms with Crippen LogP contribution in [-0.4, -0.2) is 29.6 Å². The fraction of sp³-hybridized carbons (Fsp3) is 0.167. The Labute approximate surface area is 119 Å². The highest BCUT2D eigenvalue weighted by atomic mass is 32.2. The van der Waals surface area contributed by atoms with Gasteiger partial charge in [0.1, 0.15) is 4.32 Å². The third kappa shape index (κ3) is 2.82. The van der Waals surface area contributed by atoms with Crippen LogP contribution in [0, 0.1) is 0 Å². The van der Waals surface area contributed by atoms with Gasteiger partial charge in [0.25, 0.3) is 5.91 Å². The zero-order valence-electron chi connectivity index (χ0n) is 10.2. The topological polar surface area (TPSA) is 67.8 Å². The van der Waals surface area contributed by atoms with Crippen LogP contribution in [0.2, 0.25) is 0 Å². The summed E-state index contributed by atoms with van der Waals surface area (Å²) in [6.07, 6.45) is 1.66. The summed E-state index contributed by atoms with van der Waals surface area (Å²) < 4.78 is 10.5. The second kappa shape index (κ2) is 5.50. The van der Waals surface area contributed by atoms with Gasteiger partial charge in [-0.2, -0.15) is 0 Å². The molecule has 0 atom stereocenters. The smallest absolute Gasteiger partial charge is 0.263 e. The Bertz CT molecular complexity index is 558. The number of aromatic hydroxyl groups is 1. The monoisotopic (exact) mass is 297 g/mol. The van der Waals surface area contributed by atoms with Gasteiger partial charge < -0.3 is 19.9 Å². The van der Waals surface area contributed by atoms with Crippen LogP contribution in [0.15, 0.2) is 17.0 Å². The van der Waals surface area contributed by atoms with E-state index >= 15 is 0 Å². The molecule has 1 amide bonds. The zero-order chi connectivity index (χ0) is 14.0. The van der Waals surface area contributed by atoms with Gasteiger partial charge in [-0.1, -0.05) is 24.0 Å². The van der Waals surface area contributed by atoms with E-state index in [-0.39, 0.29) is 23.2 Å². The van der Waals surface area contributed by atoms with E-state index in [4.69, 9.17) is 21.7 Å². The number of phenolic OH excluding ortho intramolecular Hbond substituents is 1. The number of carbonyl (C=O) groups excluding carboxylic acids is 1. The average molecular weight is 297 g/mol. The van der Waals surface area contributed by atoms with Gasteiger partial charge in [-0.3, -0.25) is 4.79 Å². The fourth-order valence-corrected chi connectivity index (χ4v) is 2.61. The van der Waals surface area contributed by atoms with Gasteiger partial charge in [-0.15, -0.1) is 0 Å². The molecule has 1 aromatic rings. The summed E-state index contributed by atoms with van der Waals surface area (Å²) in [5, 5.41) is 12.3. The van der Waals surface area contributed by atoms with Gasteiger partial charge in [-0.25, -0.2) is 0 Å². The number of nitrogens with one attached hydrogen (secondary N) is 1. The SMILES string of the molecule is COc1cc(/C=C2/SC(=S)NC2=O)cc(OC)c1O. The number of ether oxygens (including phenoxy) is 2. The van der Waals surface area contributed by atoms with Crippen LogP contribution in [0.1, 0.15) is 5.56 Å². The minimum atomic E-state index is -0.235. The molecule has 7 heteroatoms. The lowest BCUT2D eigenvalue weighted by Gasteiger charge is -2.09. The molecule has 2 N–H and O–H groups in total. The number of thioether (sulfide) groups is 1. The third-order valence-corrected chi connectivity index (χ3v) is 3.60. The van der Waals surface area contributed by atoms with Crippen molar-refractivity contribution in [3.05, 3.63) is 22.6 Å².